The second-order valence-corrected chi connectivity index (χ2v) is 8.38. The first-order chi connectivity index (χ1) is 12.0. The molecule has 2 unspecified atom stereocenters. The number of carbonyl (C=O) groups excluding carboxylic acids is 1. The zero-order valence-electron chi connectivity index (χ0n) is 13.6. The second kappa shape index (κ2) is 9.56. The third-order valence-electron chi connectivity index (χ3n) is 3.49. The number of nitrogens with zero attached hydrogens (tertiary/aromatic N) is 1. The van der Waals surface area contributed by atoms with Gasteiger partial charge in [-0.3, -0.25) is 0 Å². The van der Waals surface area contributed by atoms with Gasteiger partial charge >= 0.3 is 158 Å². The molecule has 0 N–H and O–H groups in total. The topological polar surface area (TPSA) is 69.4 Å². The summed E-state index contributed by atoms with van der Waals surface area (Å²) in [7, 11) is 0. The van der Waals surface area contributed by atoms with Crippen molar-refractivity contribution in [1.82, 2.24) is 0 Å². The second-order valence-electron chi connectivity index (χ2n) is 5.26. The van der Waals surface area contributed by atoms with Crippen molar-refractivity contribution in [3.63, 3.8) is 0 Å². The molecule has 0 radical (unpaired) electrons. The Morgan fingerprint density at radius 2 is 1.96 bits per heavy atom. The third-order valence-corrected chi connectivity index (χ3v) is 6.44. The van der Waals surface area contributed by atoms with Gasteiger partial charge in [-0.1, -0.05) is 0 Å². The zero-order chi connectivity index (χ0) is 18.2. The van der Waals surface area contributed by atoms with Crippen molar-refractivity contribution in [3.8, 4) is 0 Å². The molecule has 5 nitrogen and oxygen atoms in total. The summed E-state index contributed by atoms with van der Waals surface area (Å²) >= 11 is 5.99. The van der Waals surface area contributed by atoms with Crippen molar-refractivity contribution in [2.45, 2.75) is 24.2 Å². The first kappa shape index (κ1) is 19.4. The van der Waals surface area contributed by atoms with Crippen molar-refractivity contribution >= 4 is 37.0 Å². The van der Waals surface area contributed by atoms with Crippen LogP contribution in [0, 0.1) is 10.1 Å². The number of esters is 1. The number of carbonyl (C=O) groups is 1. The van der Waals surface area contributed by atoms with Crippen molar-refractivity contribution in [3.05, 3.63) is 75.3 Å². The van der Waals surface area contributed by atoms with Gasteiger partial charge in [0.2, 0.25) is 0 Å². The first-order valence-electron chi connectivity index (χ1n) is 7.78. The predicted molar refractivity (Wildman–Crippen MR) is 98.1 cm³/mol. The molecule has 0 fully saturated rings. The number of benzene rings is 2. The molecular weight excluding hydrogens is 409 g/mol. The maximum atomic E-state index is 12.0. The molecule has 2 aromatic carbocycles. The molecule has 0 aliphatic heterocycles. The van der Waals surface area contributed by atoms with Crippen molar-refractivity contribution in [2.24, 2.45) is 0 Å². The number of hydrogen-bond acceptors (Lipinski definition) is 4. The average molecular weight is 427 g/mol. The Morgan fingerprint density at radius 1 is 1.24 bits per heavy atom. The van der Waals surface area contributed by atoms with E-state index < -0.39 is 16.9 Å². The van der Waals surface area contributed by atoms with Gasteiger partial charge in [-0.25, -0.2) is 0 Å². The molecule has 0 amide bonds. The monoisotopic (exact) mass is 427 g/mol. The standard InChI is InChI=1S/C18H18ClNO4Se/c1-2-24-18(21)16(20(22)23)12-17(13-7-6-8-14(19)11-13)25-15-9-4-3-5-10-15/h3-11,16-17H,2,12H2,1H3. The van der Waals surface area contributed by atoms with E-state index in [4.69, 9.17) is 16.3 Å². The number of ether oxygens (including phenoxy) is 1. The van der Waals surface area contributed by atoms with Gasteiger partial charge in [-0.2, -0.15) is 0 Å². The van der Waals surface area contributed by atoms with Crippen molar-refractivity contribution in [2.75, 3.05) is 6.61 Å². The number of halogens is 1. The Kier molecular flexibility index (Phi) is 7.44. The van der Waals surface area contributed by atoms with Gasteiger partial charge in [-0.05, 0) is 0 Å². The predicted octanol–water partition coefficient (Wildman–Crippen LogP) is 3.01. The molecule has 0 bridgehead atoms. The van der Waals surface area contributed by atoms with Gasteiger partial charge in [0.15, 0.2) is 0 Å². The molecule has 132 valence electrons. The summed E-state index contributed by atoms with van der Waals surface area (Å²) in [5, 5.41) is 12.0. The molecular formula is C18H18ClNO4Se. The van der Waals surface area contributed by atoms with Crippen LogP contribution in [-0.4, -0.2) is 38.5 Å². The van der Waals surface area contributed by atoms with Crippen molar-refractivity contribution in [1.29, 1.82) is 0 Å². The van der Waals surface area contributed by atoms with E-state index in [-0.39, 0.29) is 32.8 Å². The molecule has 7 heteroatoms. The first-order valence-corrected chi connectivity index (χ1v) is 10.0. The Bertz CT molecular complexity index is 726. The van der Waals surface area contributed by atoms with Crippen LogP contribution in [0.1, 0.15) is 23.7 Å². The minimum atomic E-state index is -1.38. The summed E-state index contributed by atoms with van der Waals surface area (Å²) in [6.45, 7) is 1.76. The van der Waals surface area contributed by atoms with E-state index in [0.29, 0.717) is 5.02 Å². The maximum absolute atomic E-state index is 12.0. The Balaban J connectivity index is 2.29. The molecule has 0 aliphatic carbocycles. The summed E-state index contributed by atoms with van der Waals surface area (Å²) in [6, 6.07) is 15.7. The van der Waals surface area contributed by atoms with E-state index in [9.17, 15) is 14.9 Å². The molecule has 25 heavy (non-hydrogen) atoms. The van der Waals surface area contributed by atoms with Crippen LogP contribution in [0.25, 0.3) is 0 Å². The Hall–Kier alpha value is -1.88. The van der Waals surface area contributed by atoms with Gasteiger partial charge in [0.25, 0.3) is 0 Å². The van der Waals surface area contributed by atoms with Crippen LogP contribution in [0.4, 0.5) is 0 Å². The number of nitro groups is 1. The molecule has 0 saturated heterocycles. The fraction of sp³-hybridized carbons (Fsp3) is 0.278. The molecule has 0 saturated carbocycles. The summed E-state index contributed by atoms with van der Waals surface area (Å²) in [6.07, 6.45) is 0.0844. The van der Waals surface area contributed by atoms with Crippen LogP contribution in [0.15, 0.2) is 54.6 Å². The molecule has 2 atom stereocenters. The number of hydrogen-bond donors (Lipinski definition) is 0. The van der Waals surface area contributed by atoms with Crippen LogP contribution < -0.4 is 4.46 Å². The van der Waals surface area contributed by atoms with E-state index in [1.165, 1.54) is 0 Å². The summed E-state index contributed by atoms with van der Waals surface area (Å²) < 4.78 is 5.98. The van der Waals surface area contributed by atoms with Crippen molar-refractivity contribution < 1.29 is 14.5 Å². The summed E-state index contributed by atoms with van der Waals surface area (Å²) in [5.41, 5.74) is 0.896. The van der Waals surface area contributed by atoms with Gasteiger partial charge in [0, 0.05) is 0 Å². The van der Waals surface area contributed by atoms with E-state index >= 15 is 0 Å². The fourth-order valence-corrected chi connectivity index (χ4v) is 5.06. The number of rotatable bonds is 8. The van der Waals surface area contributed by atoms with Crippen LogP contribution >= 0.6 is 11.6 Å². The SMILES string of the molecule is CCOC(=O)C(CC([Se]c1ccccc1)c1cccc(Cl)c1)[N+](=O)[O-]. The molecule has 2 aromatic rings. The summed E-state index contributed by atoms with van der Waals surface area (Å²) in [5.74, 6) is -0.789. The van der Waals surface area contributed by atoms with Gasteiger partial charge in [0.1, 0.15) is 0 Å². The van der Waals surface area contributed by atoms with Gasteiger partial charge < -0.3 is 0 Å². The Morgan fingerprint density at radius 3 is 2.56 bits per heavy atom. The molecule has 0 aliphatic rings. The average Bonchev–Trinajstić information content (AvgIpc) is 2.59. The van der Waals surface area contributed by atoms with Crippen LogP contribution in [-0.2, 0) is 9.53 Å². The molecule has 0 spiro atoms. The minimum absolute atomic E-state index is 0.0844. The van der Waals surface area contributed by atoms with E-state index in [2.05, 4.69) is 0 Å². The molecule has 0 aromatic heterocycles. The van der Waals surface area contributed by atoms with Gasteiger partial charge in [-0.15, -0.1) is 0 Å². The Labute approximate surface area is 157 Å². The zero-order valence-corrected chi connectivity index (χ0v) is 16.1. The van der Waals surface area contributed by atoms with E-state index in [1.54, 1.807) is 19.1 Å². The van der Waals surface area contributed by atoms with E-state index in [1.807, 2.05) is 42.5 Å². The van der Waals surface area contributed by atoms with Gasteiger partial charge in [0.05, 0.1) is 0 Å². The third kappa shape index (κ3) is 5.85. The summed E-state index contributed by atoms with van der Waals surface area (Å²) in [4.78, 5) is 22.7. The van der Waals surface area contributed by atoms with Crippen LogP contribution in [0.2, 0.25) is 5.02 Å². The fourth-order valence-electron chi connectivity index (χ4n) is 2.33. The van der Waals surface area contributed by atoms with Crippen LogP contribution in [0.3, 0.4) is 0 Å². The molecule has 2 rings (SSSR count). The van der Waals surface area contributed by atoms with Crippen LogP contribution in [0.5, 0.6) is 0 Å². The normalized spacial score (nSPS) is 13.0. The molecule has 0 heterocycles. The quantitative estimate of drug-likeness (QED) is 0.282. The van der Waals surface area contributed by atoms with E-state index in [0.717, 1.165) is 10.0 Å².